The first-order chi connectivity index (χ1) is 11.0. The van der Waals surface area contributed by atoms with Gasteiger partial charge in [0, 0.05) is 52.9 Å². The lowest BCUT2D eigenvalue weighted by molar-refractivity contribution is 0.136. The fourth-order valence-corrected chi connectivity index (χ4v) is 3.62. The molecule has 0 aromatic carbocycles. The lowest BCUT2D eigenvalue weighted by Gasteiger charge is -2.34. The Kier molecular flexibility index (Phi) is 9.89. The van der Waals surface area contributed by atoms with Crippen LogP contribution in [0.5, 0.6) is 0 Å². The summed E-state index contributed by atoms with van der Waals surface area (Å²) in [5.74, 6) is 1.09. The third-order valence-electron chi connectivity index (χ3n) is 5.29. The molecule has 2 fully saturated rings. The quantitative estimate of drug-likeness (QED) is 0.291. The highest BCUT2D eigenvalue weighted by atomic mass is 127. The molecule has 2 aliphatic heterocycles. The van der Waals surface area contributed by atoms with Crippen LogP contribution in [0, 0.1) is 5.41 Å². The van der Waals surface area contributed by atoms with E-state index in [2.05, 4.69) is 45.8 Å². The van der Waals surface area contributed by atoms with Gasteiger partial charge in [-0.1, -0.05) is 20.8 Å². The Morgan fingerprint density at radius 3 is 2.25 bits per heavy atom. The predicted molar refractivity (Wildman–Crippen MR) is 115 cm³/mol. The van der Waals surface area contributed by atoms with Crippen LogP contribution in [0.2, 0.25) is 0 Å². The van der Waals surface area contributed by atoms with Gasteiger partial charge >= 0.3 is 0 Å². The number of aliphatic imine (C=N–C) groups is 1. The van der Waals surface area contributed by atoms with E-state index in [1.54, 1.807) is 0 Å². The molecule has 0 aromatic heterocycles. The van der Waals surface area contributed by atoms with E-state index in [4.69, 9.17) is 0 Å². The number of nitrogens with one attached hydrogen (secondary N) is 1. The lowest BCUT2D eigenvalue weighted by Crippen LogP contribution is -2.46. The molecule has 1 N–H and O–H groups in total. The second kappa shape index (κ2) is 10.8. The maximum Gasteiger partial charge on any atom is 0.193 e. The molecule has 0 aliphatic carbocycles. The van der Waals surface area contributed by atoms with Crippen LogP contribution in [-0.2, 0) is 0 Å². The van der Waals surface area contributed by atoms with E-state index in [0.717, 1.165) is 25.6 Å². The fraction of sp³-hybridized carbons (Fsp3) is 0.944. The van der Waals surface area contributed by atoms with Crippen LogP contribution in [0.25, 0.3) is 0 Å². The normalized spacial score (nSPS) is 22.5. The molecule has 0 saturated carbocycles. The molecule has 6 heteroatoms. The van der Waals surface area contributed by atoms with Gasteiger partial charge in [0.05, 0.1) is 0 Å². The summed E-state index contributed by atoms with van der Waals surface area (Å²) in [6.07, 6.45) is 3.77. The Bertz CT molecular complexity index is 378. The number of hydrogen-bond donors (Lipinski definition) is 1. The highest BCUT2D eigenvalue weighted by molar-refractivity contribution is 14.0. The van der Waals surface area contributed by atoms with E-state index >= 15 is 0 Å². The first-order valence-corrected chi connectivity index (χ1v) is 9.44. The third-order valence-corrected chi connectivity index (χ3v) is 5.29. The van der Waals surface area contributed by atoms with Crippen LogP contribution in [0.1, 0.15) is 40.0 Å². The van der Waals surface area contributed by atoms with E-state index in [1.165, 1.54) is 58.5 Å². The van der Waals surface area contributed by atoms with Gasteiger partial charge in [-0.3, -0.25) is 4.99 Å². The van der Waals surface area contributed by atoms with Crippen LogP contribution in [-0.4, -0.2) is 86.6 Å². The number of likely N-dealkylation sites (N-methyl/N-ethyl adjacent to an activating group) is 1. The zero-order valence-corrected chi connectivity index (χ0v) is 18.5. The SMILES string of the molecule is CCN1CCN(CCCCNC(=NC)N2CCC(C)(C)C2)CC1.I. The maximum atomic E-state index is 4.46. The number of halogens is 1. The third kappa shape index (κ3) is 7.04. The number of rotatable bonds is 6. The van der Waals surface area contributed by atoms with Crippen molar-refractivity contribution in [2.75, 3.05) is 66.0 Å². The Morgan fingerprint density at radius 1 is 1.04 bits per heavy atom. The van der Waals surface area contributed by atoms with Crippen molar-refractivity contribution in [2.24, 2.45) is 10.4 Å². The molecule has 0 bridgehead atoms. The molecule has 0 radical (unpaired) electrons. The lowest BCUT2D eigenvalue weighted by atomic mass is 9.93. The van der Waals surface area contributed by atoms with Gasteiger partial charge in [-0.05, 0) is 37.8 Å². The number of hydrogen-bond acceptors (Lipinski definition) is 3. The molecule has 0 amide bonds. The smallest absolute Gasteiger partial charge is 0.193 e. The van der Waals surface area contributed by atoms with Gasteiger partial charge in [0.25, 0.3) is 0 Å². The fourth-order valence-electron chi connectivity index (χ4n) is 3.62. The Balaban J connectivity index is 0.00000288. The first kappa shape index (κ1) is 22.0. The predicted octanol–water partition coefficient (Wildman–Crippen LogP) is 2.33. The second-order valence-electron chi connectivity index (χ2n) is 7.79. The molecule has 2 rings (SSSR count). The van der Waals surface area contributed by atoms with Gasteiger partial charge in [0.1, 0.15) is 0 Å². The van der Waals surface area contributed by atoms with Crippen LogP contribution in [0.3, 0.4) is 0 Å². The van der Waals surface area contributed by atoms with E-state index in [-0.39, 0.29) is 24.0 Å². The van der Waals surface area contributed by atoms with Gasteiger partial charge in [-0.2, -0.15) is 0 Å². The van der Waals surface area contributed by atoms with Gasteiger partial charge in [0.2, 0.25) is 0 Å². The molecule has 5 nitrogen and oxygen atoms in total. The van der Waals surface area contributed by atoms with Crippen LogP contribution in [0.4, 0.5) is 0 Å². The maximum absolute atomic E-state index is 4.46. The van der Waals surface area contributed by atoms with E-state index < -0.39 is 0 Å². The minimum Gasteiger partial charge on any atom is -0.356 e. The minimum absolute atomic E-state index is 0. The average Bonchev–Trinajstić information content (AvgIpc) is 2.91. The molecule has 0 unspecified atom stereocenters. The summed E-state index contributed by atoms with van der Waals surface area (Å²) in [5, 5.41) is 3.55. The topological polar surface area (TPSA) is 34.1 Å². The number of guanidine groups is 1. The first-order valence-electron chi connectivity index (χ1n) is 9.44. The van der Waals surface area contributed by atoms with Crippen molar-refractivity contribution in [1.82, 2.24) is 20.0 Å². The van der Waals surface area contributed by atoms with Crippen molar-refractivity contribution in [1.29, 1.82) is 0 Å². The number of piperazine rings is 1. The molecule has 0 atom stereocenters. The summed E-state index contributed by atoms with van der Waals surface area (Å²) in [4.78, 5) is 12.0. The van der Waals surface area contributed by atoms with Crippen molar-refractivity contribution in [3.8, 4) is 0 Å². The molecule has 142 valence electrons. The highest BCUT2D eigenvalue weighted by Crippen LogP contribution is 2.28. The molecule has 2 heterocycles. The van der Waals surface area contributed by atoms with Crippen LogP contribution in [0.15, 0.2) is 4.99 Å². The van der Waals surface area contributed by atoms with E-state index in [1.807, 2.05) is 7.05 Å². The standard InChI is InChI=1S/C18H37N5.HI/c1-5-21-12-14-22(15-13-21)10-7-6-9-20-17(19-4)23-11-8-18(2,3)16-23;/h5-16H2,1-4H3,(H,19,20);1H. The number of likely N-dealkylation sites (tertiary alicyclic amines) is 1. The minimum atomic E-state index is 0. The molecular weight excluding hydrogens is 413 g/mol. The summed E-state index contributed by atoms with van der Waals surface area (Å²) < 4.78 is 0. The highest BCUT2D eigenvalue weighted by Gasteiger charge is 2.30. The molecular formula is C18H38IN5. The molecule has 0 spiro atoms. The summed E-state index contributed by atoms with van der Waals surface area (Å²) in [6, 6.07) is 0. The summed E-state index contributed by atoms with van der Waals surface area (Å²) >= 11 is 0. The Hall–Kier alpha value is -0.0800. The second-order valence-corrected chi connectivity index (χ2v) is 7.79. The molecule has 0 aromatic rings. The Labute approximate surface area is 166 Å². The summed E-state index contributed by atoms with van der Waals surface area (Å²) in [7, 11) is 1.90. The number of unbranched alkanes of at least 4 members (excludes halogenated alkanes) is 1. The van der Waals surface area contributed by atoms with Gasteiger partial charge in [0.15, 0.2) is 5.96 Å². The monoisotopic (exact) mass is 451 g/mol. The largest absolute Gasteiger partial charge is 0.356 e. The zero-order chi connectivity index (χ0) is 16.7. The van der Waals surface area contributed by atoms with Gasteiger partial charge in [-0.25, -0.2) is 0 Å². The Morgan fingerprint density at radius 2 is 1.71 bits per heavy atom. The van der Waals surface area contributed by atoms with Gasteiger partial charge < -0.3 is 20.0 Å². The molecule has 24 heavy (non-hydrogen) atoms. The summed E-state index contributed by atoms with van der Waals surface area (Å²) in [5.41, 5.74) is 0.429. The molecule has 2 saturated heterocycles. The van der Waals surface area contributed by atoms with Crippen molar-refractivity contribution in [3.63, 3.8) is 0 Å². The van der Waals surface area contributed by atoms with Crippen molar-refractivity contribution in [2.45, 2.75) is 40.0 Å². The summed E-state index contributed by atoms with van der Waals surface area (Å²) in [6.45, 7) is 17.7. The van der Waals surface area contributed by atoms with E-state index in [0.29, 0.717) is 5.41 Å². The van der Waals surface area contributed by atoms with Crippen molar-refractivity contribution >= 4 is 29.9 Å². The van der Waals surface area contributed by atoms with Crippen molar-refractivity contribution in [3.05, 3.63) is 0 Å². The molecule has 2 aliphatic rings. The van der Waals surface area contributed by atoms with Crippen molar-refractivity contribution < 1.29 is 0 Å². The number of nitrogens with zero attached hydrogens (tertiary/aromatic N) is 4. The van der Waals surface area contributed by atoms with Gasteiger partial charge in [-0.15, -0.1) is 24.0 Å². The van der Waals surface area contributed by atoms with Crippen LogP contribution >= 0.6 is 24.0 Å². The van der Waals surface area contributed by atoms with Crippen LogP contribution < -0.4 is 5.32 Å². The van der Waals surface area contributed by atoms with E-state index in [9.17, 15) is 0 Å². The average molecular weight is 451 g/mol. The zero-order valence-electron chi connectivity index (χ0n) is 16.2.